The van der Waals surface area contributed by atoms with E-state index in [1.54, 1.807) is 0 Å². The zero-order valence-electron chi connectivity index (χ0n) is 9.20. The summed E-state index contributed by atoms with van der Waals surface area (Å²) in [5.74, 6) is 4.84. The fourth-order valence-electron chi connectivity index (χ4n) is 1.25. The Balaban J connectivity index is 3.35. The maximum Gasteiger partial charge on any atom is 0.418 e. The van der Waals surface area contributed by atoms with E-state index in [-0.39, 0.29) is 17.3 Å². The lowest BCUT2D eigenvalue weighted by molar-refractivity contribution is -0.762. The highest BCUT2D eigenvalue weighted by atomic mass is 19.4. The quantitative estimate of drug-likeness (QED) is 0.401. The minimum Gasteiger partial charge on any atom is -0.223 e. The van der Waals surface area contributed by atoms with Gasteiger partial charge in [-0.15, -0.1) is 15.3 Å². The summed E-state index contributed by atoms with van der Waals surface area (Å²) in [6.45, 7) is 0. The molecule has 0 unspecified atom stereocenters. The summed E-state index contributed by atoms with van der Waals surface area (Å²) < 4.78 is 75.0. The summed E-state index contributed by atoms with van der Waals surface area (Å²) in [4.78, 5) is 13.5. The summed E-state index contributed by atoms with van der Waals surface area (Å²) in [7, 11) is 0. The zero-order chi connectivity index (χ0) is 15.7. The van der Waals surface area contributed by atoms with Crippen LogP contribution in [0.1, 0.15) is 11.1 Å². The Morgan fingerprint density at radius 3 is 2.10 bits per heavy atom. The maximum absolute atomic E-state index is 12.6. The molecule has 0 spiro atoms. The molecule has 1 aromatic rings. The smallest absolute Gasteiger partial charge is 0.223 e. The van der Waals surface area contributed by atoms with Crippen molar-refractivity contribution in [2.75, 3.05) is 5.17 Å². The third-order valence-electron chi connectivity index (χ3n) is 2.02. The highest BCUT2D eigenvalue weighted by molar-refractivity contribution is 5.54. The first-order chi connectivity index (χ1) is 8.93. The molecule has 0 atom stereocenters. The van der Waals surface area contributed by atoms with Crippen LogP contribution in [0.3, 0.4) is 0 Å². The first-order valence-corrected chi connectivity index (χ1v) is 4.58. The van der Waals surface area contributed by atoms with Crippen LogP contribution in [-0.4, -0.2) is 5.09 Å². The molecule has 1 rings (SSSR count). The van der Waals surface area contributed by atoms with Crippen LogP contribution in [0, 0.1) is 10.1 Å². The minimum atomic E-state index is -5.21. The number of hydrazine groups is 1. The van der Waals surface area contributed by atoms with Gasteiger partial charge in [-0.3, -0.25) is 0 Å². The molecule has 20 heavy (non-hydrogen) atoms. The van der Waals surface area contributed by atoms with Crippen LogP contribution in [-0.2, 0) is 17.3 Å². The Morgan fingerprint density at radius 2 is 1.70 bits per heavy atom. The molecule has 0 bridgehead atoms. The molecule has 0 fully saturated rings. The lowest BCUT2D eigenvalue weighted by Gasteiger charge is -2.20. The fraction of sp³-hybridized carbons (Fsp3) is 0.250. The fourth-order valence-corrected chi connectivity index (χ4v) is 1.25. The van der Waals surface area contributed by atoms with Gasteiger partial charge in [-0.25, -0.2) is 5.84 Å². The van der Waals surface area contributed by atoms with Gasteiger partial charge in [0.15, 0.2) is 0 Å². The molecular weight excluding hydrogens is 300 g/mol. The standard InChI is InChI=1S/C8H5F6N3O3/c9-7(10,11)4-1-2-6(16(15)20-17(18)19)5(3-4)8(12,13)14/h1-3H,15H2. The van der Waals surface area contributed by atoms with E-state index in [1.165, 1.54) is 0 Å². The van der Waals surface area contributed by atoms with E-state index in [4.69, 9.17) is 5.84 Å². The molecule has 0 aliphatic rings. The highest BCUT2D eigenvalue weighted by Gasteiger charge is 2.39. The van der Waals surface area contributed by atoms with E-state index in [1.807, 2.05) is 0 Å². The number of halogens is 6. The highest BCUT2D eigenvalue weighted by Crippen LogP contribution is 2.40. The summed E-state index contributed by atoms with van der Waals surface area (Å²) in [6.07, 6.45) is -10.2. The first kappa shape index (κ1) is 15.8. The number of hydrogen-bond acceptors (Lipinski definition) is 5. The second-order valence-electron chi connectivity index (χ2n) is 3.36. The maximum atomic E-state index is 12.6. The van der Waals surface area contributed by atoms with E-state index in [9.17, 15) is 36.5 Å². The van der Waals surface area contributed by atoms with Crippen LogP contribution in [0.5, 0.6) is 0 Å². The Bertz CT molecular complexity index is 515. The van der Waals surface area contributed by atoms with Crippen molar-refractivity contribution >= 4 is 5.69 Å². The number of nitrogens with zero attached hydrogens (tertiary/aromatic N) is 2. The van der Waals surface area contributed by atoms with Gasteiger partial charge in [-0.2, -0.15) is 31.3 Å². The van der Waals surface area contributed by atoms with Gasteiger partial charge in [0, 0.05) is 0 Å². The molecule has 0 radical (unpaired) electrons. The summed E-state index contributed by atoms with van der Waals surface area (Å²) in [5.41, 5.74) is -4.54. The molecule has 0 saturated heterocycles. The number of nitrogens with two attached hydrogens (primary N) is 1. The van der Waals surface area contributed by atoms with Gasteiger partial charge >= 0.3 is 17.4 Å². The molecule has 1 aromatic carbocycles. The second-order valence-corrected chi connectivity index (χ2v) is 3.36. The van der Waals surface area contributed by atoms with Gasteiger partial charge < -0.3 is 0 Å². The molecular formula is C8H5F6N3O3. The number of rotatable bonds is 3. The number of alkyl halides is 6. The second kappa shape index (κ2) is 5.03. The Morgan fingerprint density at radius 1 is 1.15 bits per heavy atom. The summed E-state index contributed by atoms with van der Waals surface area (Å²) in [5, 5.41) is 8.07. The summed E-state index contributed by atoms with van der Waals surface area (Å²) >= 11 is 0. The molecule has 0 heterocycles. The van der Waals surface area contributed by atoms with Crippen LogP contribution < -0.4 is 11.0 Å². The van der Waals surface area contributed by atoms with Crippen LogP contribution in [0.2, 0.25) is 0 Å². The third-order valence-corrected chi connectivity index (χ3v) is 2.02. The number of benzene rings is 1. The van der Waals surface area contributed by atoms with E-state index in [0.717, 1.165) is 0 Å². The van der Waals surface area contributed by atoms with Crippen molar-refractivity contribution in [2.24, 2.45) is 5.84 Å². The van der Waals surface area contributed by atoms with E-state index in [0.29, 0.717) is 6.07 Å². The molecule has 0 aliphatic carbocycles. The van der Waals surface area contributed by atoms with Crippen molar-refractivity contribution in [1.82, 2.24) is 0 Å². The van der Waals surface area contributed by atoms with Gasteiger partial charge in [0.2, 0.25) is 0 Å². The van der Waals surface area contributed by atoms with Crippen LogP contribution in [0.25, 0.3) is 0 Å². The summed E-state index contributed by atoms with van der Waals surface area (Å²) in [6, 6.07) is 0.376. The van der Waals surface area contributed by atoms with Gasteiger partial charge in [-0.05, 0) is 18.2 Å². The van der Waals surface area contributed by atoms with Crippen molar-refractivity contribution in [3.8, 4) is 0 Å². The van der Waals surface area contributed by atoms with Crippen molar-refractivity contribution < 1.29 is 36.4 Å². The van der Waals surface area contributed by atoms with E-state index in [2.05, 4.69) is 4.94 Å². The molecule has 6 nitrogen and oxygen atoms in total. The van der Waals surface area contributed by atoms with Gasteiger partial charge in [-0.1, -0.05) is 0 Å². The average molecular weight is 305 g/mol. The molecule has 112 valence electrons. The zero-order valence-corrected chi connectivity index (χ0v) is 9.20. The van der Waals surface area contributed by atoms with Gasteiger partial charge in [0.1, 0.15) is 0 Å². The van der Waals surface area contributed by atoms with E-state index >= 15 is 0 Å². The predicted molar refractivity (Wildman–Crippen MR) is 51.2 cm³/mol. The Labute approximate surface area is 106 Å². The average Bonchev–Trinajstić information content (AvgIpc) is 2.24. The van der Waals surface area contributed by atoms with E-state index < -0.39 is 34.3 Å². The van der Waals surface area contributed by atoms with Crippen molar-refractivity contribution in [3.05, 3.63) is 39.4 Å². The minimum absolute atomic E-state index is 0.224. The lowest BCUT2D eigenvalue weighted by Crippen LogP contribution is -2.35. The molecule has 0 saturated carbocycles. The van der Waals surface area contributed by atoms with Crippen LogP contribution in [0.15, 0.2) is 18.2 Å². The van der Waals surface area contributed by atoms with Crippen molar-refractivity contribution in [2.45, 2.75) is 12.4 Å². The third kappa shape index (κ3) is 3.63. The van der Waals surface area contributed by atoms with Gasteiger partial charge in [0.05, 0.1) is 16.8 Å². The van der Waals surface area contributed by atoms with Crippen LogP contribution >= 0.6 is 0 Å². The normalized spacial score (nSPS) is 12.2. The molecule has 12 heteroatoms. The molecule has 0 aromatic heterocycles. The predicted octanol–water partition coefficient (Wildman–Crippen LogP) is 2.53. The number of anilines is 1. The van der Waals surface area contributed by atoms with Crippen molar-refractivity contribution in [3.63, 3.8) is 0 Å². The first-order valence-electron chi connectivity index (χ1n) is 4.58. The monoisotopic (exact) mass is 305 g/mol. The topological polar surface area (TPSA) is 81.6 Å². The largest absolute Gasteiger partial charge is 0.418 e. The molecule has 2 N–H and O–H groups in total. The van der Waals surface area contributed by atoms with Crippen molar-refractivity contribution in [1.29, 1.82) is 0 Å². The number of hydrogen-bond donors (Lipinski definition) is 1. The SMILES string of the molecule is NN(O[N+](=O)[O-])c1ccc(C(F)(F)F)cc1C(F)(F)F. The Hall–Kier alpha value is -2.24. The Kier molecular flexibility index (Phi) is 3.98. The molecule has 0 aliphatic heterocycles. The van der Waals surface area contributed by atoms with Gasteiger partial charge in [0.25, 0.3) is 0 Å². The van der Waals surface area contributed by atoms with Crippen LogP contribution in [0.4, 0.5) is 32.0 Å². The molecule has 0 amide bonds. The lowest BCUT2D eigenvalue weighted by atomic mass is 10.1.